The monoisotopic (exact) mass is 336 g/mol. The standard InChI is InChI=1S/C21H24N2O2/c1-3-5-7-8-16-10-12-17(13-11-16)18-14-22-20(23-15-18)19(21(24)25)9-6-4-2/h4,6,9-15H,3,5,7-8H2,1-2H3,(H,24,25). The van der Waals surface area contributed by atoms with Gasteiger partial charge in [0.05, 0.1) is 0 Å². The number of allylic oxidation sites excluding steroid dienone is 3. The molecule has 4 nitrogen and oxygen atoms in total. The van der Waals surface area contributed by atoms with Gasteiger partial charge in [0.2, 0.25) is 0 Å². The van der Waals surface area contributed by atoms with Crippen LogP contribution in [0, 0.1) is 0 Å². The van der Waals surface area contributed by atoms with Crippen LogP contribution in [0.25, 0.3) is 16.7 Å². The maximum Gasteiger partial charge on any atom is 0.339 e. The van der Waals surface area contributed by atoms with E-state index in [1.54, 1.807) is 24.5 Å². The quantitative estimate of drug-likeness (QED) is 0.422. The van der Waals surface area contributed by atoms with E-state index in [0.717, 1.165) is 17.5 Å². The molecule has 1 N–H and O–H groups in total. The molecule has 130 valence electrons. The van der Waals surface area contributed by atoms with Crippen molar-refractivity contribution in [3.63, 3.8) is 0 Å². The minimum absolute atomic E-state index is 0.0796. The van der Waals surface area contributed by atoms with Crippen molar-refractivity contribution in [1.29, 1.82) is 0 Å². The highest BCUT2D eigenvalue weighted by molar-refractivity contribution is 6.14. The first-order valence-electron chi connectivity index (χ1n) is 8.63. The summed E-state index contributed by atoms with van der Waals surface area (Å²) in [6.07, 6.45) is 13.1. The number of aromatic nitrogens is 2. The molecular formula is C21H24N2O2. The van der Waals surface area contributed by atoms with Crippen LogP contribution in [0.15, 0.2) is 54.9 Å². The molecule has 4 heteroatoms. The largest absolute Gasteiger partial charge is 0.478 e. The van der Waals surface area contributed by atoms with E-state index in [1.165, 1.54) is 30.9 Å². The van der Waals surface area contributed by atoms with Gasteiger partial charge in [-0.05, 0) is 37.0 Å². The van der Waals surface area contributed by atoms with Crippen molar-refractivity contribution in [2.24, 2.45) is 0 Å². The zero-order chi connectivity index (χ0) is 18.1. The molecule has 0 saturated carbocycles. The number of aliphatic carboxylic acids is 1. The Morgan fingerprint density at radius 3 is 2.32 bits per heavy atom. The molecule has 2 aromatic rings. The van der Waals surface area contributed by atoms with Crippen LogP contribution in [0.2, 0.25) is 0 Å². The summed E-state index contributed by atoms with van der Waals surface area (Å²) in [5.41, 5.74) is 3.31. The van der Waals surface area contributed by atoms with Gasteiger partial charge in [-0.15, -0.1) is 0 Å². The molecule has 0 saturated heterocycles. The van der Waals surface area contributed by atoms with Gasteiger partial charge in [-0.25, -0.2) is 14.8 Å². The lowest BCUT2D eigenvalue weighted by Gasteiger charge is -2.05. The number of nitrogens with zero attached hydrogens (tertiary/aromatic N) is 2. The number of aryl methyl sites for hydroxylation is 1. The molecule has 2 rings (SSSR count). The zero-order valence-corrected chi connectivity index (χ0v) is 14.8. The summed E-state index contributed by atoms with van der Waals surface area (Å²) >= 11 is 0. The molecule has 0 radical (unpaired) electrons. The number of rotatable bonds is 8. The molecular weight excluding hydrogens is 312 g/mol. The van der Waals surface area contributed by atoms with Gasteiger partial charge in [-0.1, -0.05) is 56.2 Å². The van der Waals surface area contributed by atoms with E-state index in [1.807, 2.05) is 6.92 Å². The third-order valence-corrected chi connectivity index (χ3v) is 3.93. The zero-order valence-electron chi connectivity index (χ0n) is 14.8. The molecule has 0 aliphatic rings. The first-order valence-corrected chi connectivity index (χ1v) is 8.63. The molecule has 0 bridgehead atoms. The van der Waals surface area contributed by atoms with Gasteiger partial charge in [-0.2, -0.15) is 0 Å². The summed E-state index contributed by atoms with van der Waals surface area (Å²) in [5, 5.41) is 9.28. The first kappa shape index (κ1) is 18.6. The van der Waals surface area contributed by atoms with Crippen molar-refractivity contribution < 1.29 is 9.90 Å². The van der Waals surface area contributed by atoms with E-state index in [9.17, 15) is 9.90 Å². The number of carbonyl (C=O) groups is 1. The van der Waals surface area contributed by atoms with Gasteiger partial charge >= 0.3 is 5.97 Å². The lowest BCUT2D eigenvalue weighted by molar-refractivity contribution is -0.130. The summed E-state index contributed by atoms with van der Waals surface area (Å²) in [6.45, 7) is 4.03. The Labute approximate surface area is 149 Å². The van der Waals surface area contributed by atoms with Gasteiger partial charge in [0, 0.05) is 18.0 Å². The SMILES string of the molecule is CC=CC=C(C(=O)O)c1ncc(-c2ccc(CCCCC)cc2)cn1. The van der Waals surface area contributed by atoms with Crippen molar-refractivity contribution in [2.45, 2.75) is 39.5 Å². The van der Waals surface area contributed by atoms with Crippen LogP contribution in [0.4, 0.5) is 0 Å². The van der Waals surface area contributed by atoms with E-state index in [4.69, 9.17) is 0 Å². The van der Waals surface area contributed by atoms with E-state index in [2.05, 4.69) is 41.2 Å². The van der Waals surface area contributed by atoms with Crippen molar-refractivity contribution in [1.82, 2.24) is 9.97 Å². The second-order valence-electron chi connectivity index (χ2n) is 5.86. The van der Waals surface area contributed by atoms with Gasteiger partial charge in [0.1, 0.15) is 5.57 Å². The third-order valence-electron chi connectivity index (χ3n) is 3.93. The second kappa shape index (κ2) is 9.52. The van der Waals surface area contributed by atoms with Crippen LogP contribution >= 0.6 is 0 Å². The van der Waals surface area contributed by atoms with Crippen LogP contribution in [-0.4, -0.2) is 21.0 Å². The molecule has 1 aromatic carbocycles. The Morgan fingerprint density at radius 1 is 1.08 bits per heavy atom. The van der Waals surface area contributed by atoms with Crippen LogP contribution in [-0.2, 0) is 11.2 Å². The Kier molecular flexibility index (Phi) is 7.08. The molecule has 0 aliphatic carbocycles. The number of benzene rings is 1. The number of carboxylic acids is 1. The van der Waals surface area contributed by atoms with Gasteiger partial charge in [-0.3, -0.25) is 0 Å². The molecule has 0 amide bonds. The first-order chi connectivity index (χ1) is 12.2. The Bertz CT molecular complexity index is 744. The molecule has 0 unspecified atom stereocenters. The molecule has 1 aromatic heterocycles. The lowest BCUT2D eigenvalue weighted by atomic mass is 10.0. The van der Waals surface area contributed by atoms with Gasteiger partial charge in [0.15, 0.2) is 5.82 Å². The summed E-state index contributed by atoms with van der Waals surface area (Å²) in [4.78, 5) is 19.8. The second-order valence-corrected chi connectivity index (χ2v) is 5.86. The fourth-order valence-corrected chi connectivity index (χ4v) is 2.49. The minimum atomic E-state index is -1.04. The molecule has 0 atom stereocenters. The van der Waals surface area contributed by atoms with E-state index in [-0.39, 0.29) is 11.4 Å². The number of carboxylic acid groups (broad SMARTS) is 1. The topological polar surface area (TPSA) is 63.1 Å². The summed E-state index contributed by atoms with van der Waals surface area (Å²) in [7, 11) is 0. The Morgan fingerprint density at radius 2 is 1.76 bits per heavy atom. The highest BCUT2D eigenvalue weighted by Crippen LogP contribution is 2.20. The van der Waals surface area contributed by atoms with Crippen LogP contribution in [0.5, 0.6) is 0 Å². The lowest BCUT2D eigenvalue weighted by Crippen LogP contribution is -2.04. The van der Waals surface area contributed by atoms with Crippen LogP contribution < -0.4 is 0 Å². The normalized spacial score (nSPS) is 11.8. The van der Waals surface area contributed by atoms with Crippen molar-refractivity contribution >= 4 is 11.5 Å². The predicted octanol–water partition coefficient (Wildman–Crippen LogP) is 4.92. The van der Waals surface area contributed by atoms with Gasteiger partial charge in [0.25, 0.3) is 0 Å². The highest BCUT2D eigenvalue weighted by Gasteiger charge is 2.12. The maximum absolute atomic E-state index is 11.3. The molecule has 0 spiro atoms. The van der Waals surface area contributed by atoms with Crippen molar-refractivity contribution in [3.8, 4) is 11.1 Å². The summed E-state index contributed by atoms with van der Waals surface area (Å²) in [5.74, 6) is -0.826. The summed E-state index contributed by atoms with van der Waals surface area (Å²) < 4.78 is 0. The average molecular weight is 336 g/mol. The smallest absolute Gasteiger partial charge is 0.339 e. The molecule has 25 heavy (non-hydrogen) atoms. The predicted molar refractivity (Wildman–Crippen MR) is 101 cm³/mol. The maximum atomic E-state index is 11.3. The number of unbranched alkanes of at least 4 members (excludes halogenated alkanes) is 2. The fraction of sp³-hybridized carbons (Fsp3) is 0.286. The number of hydrogen-bond acceptors (Lipinski definition) is 3. The van der Waals surface area contributed by atoms with Crippen molar-refractivity contribution in [3.05, 3.63) is 66.3 Å². The third kappa shape index (κ3) is 5.38. The highest BCUT2D eigenvalue weighted by atomic mass is 16.4. The van der Waals surface area contributed by atoms with Crippen LogP contribution in [0.3, 0.4) is 0 Å². The fourth-order valence-electron chi connectivity index (χ4n) is 2.49. The van der Waals surface area contributed by atoms with E-state index >= 15 is 0 Å². The molecule has 0 aliphatic heterocycles. The summed E-state index contributed by atoms with van der Waals surface area (Å²) in [6, 6.07) is 8.39. The van der Waals surface area contributed by atoms with E-state index < -0.39 is 5.97 Å². The molecule has 0 fully saturated rings. The van der Waals surface area contributed by atoms with E-state index in [0.29, 0.717) is 0 Å². The van der Waals surface area contributed by atoms with Crippen LogP contribution in [0.1, 0.15) is 44.5 Å². The average Bonchev–Trinajstić information content (AvgIpc) is 2.63. The minimum Gasteiger partial charge on any atom is -0.478 e. The van der Waals surface area contributed by atoms with Gasteiger partial charge < -0.3 is 5.11 Å². The molecule has 1 heterocycles. The van der Waals surface area contributed by atoms with Crippen molar-refractivity contribution in [2.75, 3.05) is 0 Å². The Balaban J connectivity index is 2.15. The number of hydrogen-bond donors (Lipinski definition) is 1. The Hall–Kier alpha value is -2.75.